The van der Waals surface area contributed by atoms with E-state index in [2.05, 4.69) is 9.97 Å². The molecular formula is C26H25ClN4O4S. The fraction of sp³-hybridized carbons (Fsp3) is 0.231. The summed E-state index contributed by atoms with van der Waals surface area (Å²) in [5.74, 6) is 0.0354. The van der Waals surface area contributed by atoms with Crippen molar-refractivity contribution in [3.05, 3.63) is 78.0 Å². The van der Waals surface area contributed by atoms with Crippen LogP contribution in [0.1, 0.15) is 19.0 Å². The normalized spacial score (nSPS) is 12.0. The topological polar surface area (TPSA) is 99.2 Å². The van der Waals surface area contributed by atoms with Gasteiger partial charge in [-0.15, -0.1) is 0 Å². The lowest BCUT2D eigenvalue weighted by atomic mass is 10.00. The number of aromatic nitrogens is 4. The van der Waals surface area contributed by atoms with Crippen LogP contribution in [-0.2, 0) is 23.0 Å². The van der Waals surface area contributed by atoms with Gasteiger partial charge in [-0.2, -0.15) is 4.73 Å². The van der Waals surface area contributed by atoms with Crippen LogP contribution in [0.2, 0.25) is 5.02 Å². The van der Waals surface area contributed by atoms with Gasteiger partial charge < -0.3 is 14.5 Å². The van der Waals surface area contributed by atoms with E-state index in [1.165, 1.54) is 0 Å². The molecule has 1 N–H and O–H groups in total. The van der Waals surface area contributed by atoms with Gasteiger partial charge in [0.2, 0.25) is 0 Å². The molecule has 0 radical (unpaired) electrons. The summed E-state index contributed by atoms with van der Waals surface area (Å²) in [6.07, 6.45) is 5.79. The van der Waals surface area contributed by atoms with E-state index in [9.17, 15) is 13.5 Å². The molecule has 0 saturated carbocycles. The quantitative estimate of drug-likeness (QED) is 0.285. The van der Waals surface area contributed by atoms with Crippen LogP contribution in [-0.4, -0.2) is 45.1 Å². The fourth-order valence-corrected chi connectivity index (χ4v) is 5.38. The molecule has 2 aromatic carbocycles. The molecule has 0 aliphatic heterocycles. The van der Waals surface area contributed by atoms with Crippen LogP contribution in [0.25, 0.3) is 33.1 Å². The van der Waals surface area contributed by atoms with Crippen molar-refractivity contribution in [3.8, 4) is 11.1 Å². The minimum atomic E-state index is -3.35. The van der Waals surface area contributed by atoms with E-state index in [-0.39, 0.29) is 12.4 Å². The minimum absolute atomic E-state index is 0.0354. The first-order valence-electron chi connectivity index (χ1n) is 11.6. The van der Waals surface area contributed by atoms with Gasteiger partial charge in [0, 0.05) is 36.1 Å². The number of aliphatic hydroxyl groups is 1. The van der Waals surface area contributed by atoms with Crippen LogP contribution >= 0.6 is 11.6 Å². The second-order valence-electron chi connectivity index (χ2n) is 8.40. The lowest BCUT2D eigenvalue weighted by Crippen LogP contribution is -2.14. The maximum Gasteiger partial charge on any atom is 0.178 e. The number of sulfone groups is 1. The van der Waals surface area contributed by atoms with E-state index in [0.29, 0.717) is 40.8 Å². The Bertz CT molecular complexity index is 1660. The number of halogens is 1. The van der Waals surface area contributed by atoms with Gasteiger partial charge in [-0.3, -0.25) is 0 Å². The van der Waals surface area contributed by atoms with Crippen LogP contribution in [0, 0.1) is 0 Å². The highest BCUT2D eigenvalue weighted by atomic mass is 35.5. The molecule has 5 aromatic rings. The number of hydrogen-bond donors (Lipinski definition) is 1. The Morgan fingerprint density at radius 2 is 1.94 bits per heavy atom. The van der Waals surface area contributed by atoms with Crippen LogP contribution in [0.15, 0.2) is 72.1 Å². The molecule has 186 valence electrons. The zero-order chi connectivity index (χ0) is 25.3. The molecular weight excluding hydrogens is 500 g/mol. The molecule has 0 unspecified atom stereocenters. The molecule has 0 aliphatic rings. The average Bonchev–Trinajstić information content (AvgIpc) is 3.48. The van der Waals surface area contributed by atoms with Crippen molar-refractivity contribution in [2.45, 2.75) is 31.4 Å². The minimum Gasteiger partial charge on any atom is -0.412 e. The van der Waals surface area contributed by atoms with E-state index in [1.54, 1.807) is 42.4 Å². The molecule has 8 nitrogen and oxygen atoms in total. The monoisotopic (exact) mass is 524 g/mol. The van der Waals surface area contributed by atoms with Crippen molar-refractivity contribution in [3.63, 3.8) is 0 Å². The van der Waals surface area contributed by atoms with Gasteiger partial charge in [-0.25, -0.2) is 18.4 Å². The highest BCUT2D eigenvalue weighted by Gasteiger charge is 2.19. The molecule has 0 aliphatic carbocycles. The third kappa shape index (κ3) is 4.57. The molecule has 3 aromatic heterocycles. The maximum atomic E-state index is 12.5. The first-order chi connectivity index (χ1) is 17.4. The summed E-state index contributed by atoms with van der Waals surface area (Å²) in [7, 11) is -3.35. The molecule has 0 fully saturated rings. The van der Waals surface area contributed by atoms with Crippen molar-refractivity contribution in [2.24, 2.45) is 0 Å². The number of pyridine rings is 1. The molecule has 3 heterocycles. The SMILES string of the molecule is CCS(=O)(=O)c1cccc(-c2cccc3c2c2cc(Cl)cnc2n3OCCCn2cnc(CO)c2)c1. The predicted octanol–water partition coefficient (Wildman–Crippen LogP) is 4.51. The standard InChI is InChI=1S/C26H25ClN4O4S/c1-2-36(33,34)21-7-3-6-18(12-21)22-8-4-9-24-25(22)23-13-19(27)14-28-26(23)31(24)35-11-5-10-30-15-20(16-32)29-17-30/h3-4,6-9,12-15,17,32H,2,5,10-11,16H2,1H3. The average molecular weight is 525 g/mol. The Morgan fingerprint density at radius 1 is 1.11 bits per heavy atom. The van der Waals surface area contributed by atoms with Gasteiger partial charge in [0.05, 0.1) is 39.8 Å². The van der Waals surface area contributed by atoms with Gasteiger partial charge >= 0.3 is 0 Å². The summed E-state index contributed by atoms with van der Waals surface area (Å²) in [5.41, 5.74) is 3.72. The number of nitrogens with zero attached hydrogens (tertiary/aromatic N) is 4. The molecule has 0 atom stereocenters. The van der Waals surface area contributed by atoms with Crippen molar-refractivity contribution < 1.29 is 18.4 Å². The third-order valence-corrected chi connectivity index (χ3v) is 8.01. The second-order valence-corrected chi connectivity index (χ2v) is 11.1. The smallest absolute Gasteiger partial charge is 0.178 e. The van der Waals surface area contributed by atoms with Gasteiger partial charge in [-0.05, 0) is 35.4 Å². The Labute approximate surface area is 213 Å². The predicted molar refractivity (Wildman–Crippen MR) is 140 cm³/mol. The maximum absolute atomic E-state index is 12.5. The lowest BCUT2D eigenvalue weighted by Gasteiger charge is -2.10. The van der Waals surface area contributed by atoms with E-state index < -0.39 is 9.84 Å². The van der Waals surface area contributed by atoms with Crippen LogP contribution in [0.5, 0.6) is 0 Å². The van der Waals surface area contributed by atoms with Crippen molar-refractivity contribution >= 4 is 43.4 Å². The summed E-state index contributed by atoms with van der Waals surface area (Å²) in [5, 5.41) is 11.4. The number of aryl methyl sites for hydroxylation is 1. The zero-order valence-electron chi connectivity index (χ0n) is 19.6. The number of benzene rings is 2. The second kappa shape index (κ2) is 9.93. The highest BCUT2D eigenvalue weighted by Crippen LogP contribution is 2.37. The largest absolute Gasteiger partial charge is 0.412 e. The molecule has 0 bridgehead atoms. The lowest BCUT2D eigenvalue weighted by molar-refractivity contribution is 0.123. The van der Waals surface area contributed by atoms with Crippen molar-refractivity contribution in [1.82, 2.24) is 19.3 Å². The summed E-state index contributed by atoms with van der Waals surface area (Å²) in [6, 6.07) is 14.7. The van der Waals surface area contributed by atoms with Gasteiger partial charge in [-0.1, -0.05) is 42.8 Å². The van der Waals surface area contributed by atoms with Crippen LogP contribution < -0.4 is 4.84 Å². The summed E-state index contributed by atoms with van der Waals surface area (Å²) < 4.78 is 28.6. The van der Waals surface area contributed by atoms with Gasteiger partial charge in [0.25, 0.3) is 0 Å². The Balaban J connectivity index is 1.54. The van der Waals surface area contributed by atoms with Gasteiger partial charge in [0.15, 0.2) is 15.5 Å². The first-order valence-corrected chi connectivity index (χ1v) is 13.6. The molecule has 0 spiro atoms. The zero-order valence-corrected chi connectivity index (χ0v) is 21.2. The van der Waals surface area contributed by atoms with Crippen molar-refractivity contribution in [2.75, 3.05) is 12.4 Å². The van der Waals surface area contributed by atoms with Crippen LogP contribution in [0.3, 0.4) is 0 Å². The first kappa shape index (κ1) is 24.3. The Kier molecular flexibility index (Phi) is 6.70. The number of hydrogen-bond acceptors (Lipinski definition) is 6. The Hall–Kier alpha value is -3.40. The molecule has 0 amide bonds. The number of imidazole rings is 1. The number of aliphatic hydroxyl groups excluding tert-OH is 1. The third-order valence-electron chi connectivity index (χ3n) is 6.07. The number of rotatable bonds is 9. The fourth-order valence-electron chi connectivity index (χ4n) is 4.29. The molecule has 0 saturated heterocycles. The highest BCUT2D eigenvalue weighted by molar-refractivity contribution is 7.91. The van der Waals surface area contributed by atoms with E-state index >= 15 is 0 Å². The van der Waals surface area contributed by atoms with Crippen LogP contribution in [0.4, 0.5) is 0 Å². The number of fused-ring (bicyclic) bond motifs is 3. The van der Waals surface area contributed by atoms with E-state index in [1.807, 2.05) is 41.1 Å². The van der Waals surface area contributed by atoms with E-state index in [4.69, 9.17) is 16.4 Å². The van der Waals surface area contributed by atoms with Crippen molar-refractivity contribution in [1.29, 1.82) is 0 Å². The Morgan fingerprint density at radius 3 is 2.72 bits per heavy atom. The van der Waals surface area contributed by atoms with E-state index in [0.717, 1.165) is 27.4 Å². The summed E-state index contributed by atoms with van der Waals surface area (Å²) in [6.45, 7) is 2.66. The summed E-state index contributed by atoms with van der Waals surface area (Å²) >= 11 is 6.32. The molecule has 5 rings (SSSR count). The van der Waals surface area contributed by atoms with Gasteiger partial charge in [0.1, 0.15) is 6.61 Å². The molecule has 36 heavy (non-hydrogen) atoms. The molecule has 10 heteroatoms. The summed E-state index contributed by atoms with van der Waals surface area (Å²) in [4.78, 5) is 15.1.